The minimum absolute atomic E-state index is 0.0946. The van der Waals surface area contributed by atoms with Gasteiger partial charge in [-0.15, -0.1) is 11.3 Å². The molecule has 1 aromatic heterocycles. The third-order valence-electron chi connectivity index (χ3n) is 4.74. The van der Waals surface area contributed by atoms with Gasteiger partial charge >= 0.3 is 0 Å². The highest BCUT2D eigenvalue weighted by atomic mass is 32.1. The van der Waals surface area contributed by atoms with Crippen molar-refractivity contribution in [2.45, 2.75) is 26.2 Å². The Morgan fingerprint density at radius 1 is 0.846 bits per heavy atom. The molecule has 26 heavy (non-hydrogen) atoms. The van der Waals surface area contributed by atoms with Crippen LogP contribution in [0.1, 0.15) is 36.5 Å². The Bertz CT molecular complexity index is 1160. The second-order valence-corrected chi connectivity index (χ2v) is 8.06. The lowest BCUT2D eigenvalue weighted by atomic mass is 10.0. The summed E-state index contributed by atoms with van der Waals surface area (Å²) < 4.78 is 15.1. The first-order valence-electron chi connectivity index (χ1n) is 8.75. The van der Waals surface area contributed by atoms with Crippen LogP contribution in [0.15, 0.2) is 65.5 Å². The van der Waals surface area contributed by atoms with Gasteiger partial charge in [0.15, 0.2) is 5.43 Å². The highest BCUT2D eigenvalue weighted by Gasteiger charge is 2.09. The number of fused-ring (bicyclic) bond motifs is 2. The molecule has 0 saturated carbocycles. The van der Waals surface area contributed by atoms with Crippen LogP contribution in [0.3, 0.4) is 0 Å². The number of rotatable bonds is 3. The SMILES string of the molecule is CC(C)c1ccc2sc3ccc(Cc4ccc(F)cc4)cc3c(=O)c2c1. The van der Waals surface area contributed by atoms with E-state index in [-0.39, 0.29) is 11.2 Å². The van der Waals surface area contributed by atoms with Gasteiger partial charge in [0.25, 0.3) is 0 Å². The Balaban J connectivity index is 1.83. The average Bonchev–Trinajstić information content (AvgIpc) is 2.64. The van der Waals surface area contributed by atoms with Crippen LogP contribution in [0.5, 0.6) is 0 Å². The first-order chi connectivity index (χ1) is 12.5. The zero-order valence-electron chi connectivity index (χ0n) is 14.8. The molecule has 0 fully saturated rings. The fraction of sp³-hybridized carbons (Fsp3) is 0.174. The molecule has 0 radical (unpaired) electrons. The third-order valence-corrected chi connectivity index (χ3v) is 5.90. The number of halogens is 1. The summed E-state index contributed by atoms with van der Waals surface area (Å²) in [5.41, 5.74) is 3.37. The van der Waals surface area contributed by atoms with Crippen molar-refractivity contribution in [2.24, 2.45) is 0 Å². The zero-order valence-corrected chi connectivity index (χ0v) is 15.6. The summed E-state index contributed by atoms with van der Waals surface area (Å²) in [6.07, 6.45) is 0.685. The maximum Gasteiger partial charge on any atom is 0.195 e. The summed E-state index contributed by atoms with van der Waals surface area (Å²) >= 11 is 1.65. The molecule has 0 aliphatic carbocycles. The van der Waals surface area contributed by atoms with E-state index in [9.17, 15) is 9.18 Å². The molecule has 0 atom stereocenters. The van der Waals surface area contributed by atoms with E-state index in [0.717, 1.165) is 31.3 Å². The molecule has 0 unspecified atom stereocenters. The van der Waals surface area contributed by atoms with Crippen molar-refractivity contribution in [3.63, 3.8) is 0 Å². The van der Waals surface area contributed by atoms with Crippen LogP contribution in [-0.2, 0) is 6.42 Å². The first-order valence-corrected chi connectivity index (χ1v) is 9.57. The van der Waals surface area contributed by atoms with Crippen molar-refractivity contribution < 1.29 is 4.39 Å². The van der Waals surface area contributed by atoms with Gasteiger partial charge in [0.1, 0.15) is 5.82 Å². The van der Waals surface area contributed by atoms with E-state index in [1.807, 2.05) is 18.2 Å². The van der Waals surface area contributed by atoms with Gasteiger partial charge in [-0.3, -0.25) is 4.79 Å². The van der Waals surface area contributed by atoms with Gasteiger partial charge < -0.3 is 0 Å². The van der Waals surface area contributed by atoms with Crippen molar-refractivity contribution in [3.8, 4) is 0 Å². The summed E-state index contributed by atoms with van der Waals surface area (Å²) in [5.74, 6) is 0.160. The Kier molecular flexibility index (Phi) is 4.33. The van der Waals surface area contributed by atoms with Crippen molar-refractivity contribution in [1.82, 2.24) is 0 Å². The highest BCUT2D eigenvalue weighted by Crippen LogP contribution is 2.28. The van der Waals surface area contributed by atoms with Crippen molar-refractivity contribution in [2.75, 3.05) is 0 Å². The van der Waals surface area contributed by atoms with Gasteiger partial charge in [-0.2, -0.15) is 0 Å². The van der Waals surface area contributed by atoms with Gasteiger partial charge in [0.05, 0.1) is 0 Å². The summed E-state index contributed by atoms with van der Waals surface area (Å²) in [7, 11) is 0. The monoisotopic (exact) mass is 362 g/mol. The van der Waals surface area contributed by atoms with Crippen LogP contribution in [0.2, 0.25) is 0 Å². The molecule has 4 rings (SSSR count). The normalized spacial score (nSPS) is 11.5. The zero-order chi connectivity index (χ0) is 18.3. The molecule has 130 valence electrons. The summed E-state index contributed by atoms with van der Waals surface area (Å²) in [4.78, 5) is 13.1. The van der Waals surface area contributed by atoms with Gasteiger partial charge in [0, 0.05) is 20.2 Å². The largest absolute Gasteiger partial charge is 0.289 e. The Labute approximate surface area is 155 Å². The lowest BCUT2D eigenvalue weighted by Crippen LogP contribution is -2.03. The van der Waals surface area contributed by atoms with E-state index >= 15 is 0 Å². The molecule has 1 heterocycles. The van der Waals surface area contributed by atoms with Crippen molar-refractivity contribution in [3.05, 3.63) is 93.4 Å². The van der Waals surface area contributed by atoms with Crippen LogP contribution < -0.4 is 5.43 Å². The second kappa shape index (κ2) is 6.65. The minimum atomic E-state index is -0.233. The van der Waals surface area contributed by atoms with Crippen LogP contribution in [0.25, 0.3) is 20.2 Å². The van der Waals surface area contributed by atoms with Crippen LogP contribution in [-0.4, -0.2) is 0 Å². The lowest BCUT2D eigenvalue weighted by Gasteiger charge is -2.08. The molecule has 0 spiro atoms. The molecule has 3 aromatic carbocycles. The smallest absolute Gasteiger partial charge is 0.195 e. The van der Waals surface area contributed by atoms with Crippen LogP contribution in [0, 0.1) is 5.82 Å². The molecule has 0 aliphatic rings. The predicted molar refractivity (Wildman–Crippen MR) is 109 cm³/mol. The third kappa shape index (κ3) is 3.15. The number of hydrogen-bond acceptors (Lipinski definition) is 2. The Hall–Kier alpha value is -2.52. The van der Waals surface area contributed by atoms with Crippen molar-refractivity contribution >= 4 is 31.5 Å². The maximum atomic E-state index is 13.1. The lowest BCUT2D eigenvalue weighted by molar-refractivity contribution is 0.627. The number of hydrogen-bond donors (Lipinski definition) is 0. The van der Waals surface area contributed by atoms with Gasteiger partial charge in [-0.25, -0.2) is 4.39 Å². The van der Waals surface area contributed by atoms with E-state index in [1.165, 1.54) is 17.7 Å². The van der Waals surface area contributed by atoms with E-state index < -0.39 is 0 Å². The molecule has 0 N–H and O–H groups in total. The molecule has 0 saturated heterocycles. The fourth-order valence-corrected chi connectivity index (χ4v) is 4.26. The Morgan fingerprint density at radius 2 is 1.46 bits per heavy atom. The van der Waals surface area contributed by atoms with Crippen LogP contribution in [0.4, 0.5) is 4.39 Å². The molecule has 0 amide bonds. The van der Waals surface area contributed by atoms with E-state index in [0.29, 0.717) is 12.3 Å². The topological polar surface area (TPSA) is 17.1 Å². The molecule has 1 nitrogen and oxygen atoms in total. The quantitative estimate of drug-likeness (QED) is 0.393. The van der Waals surface area contributed by atoms with Gasteiger partial charge in [0.2, 0.25) is 0 Å². The molecule has 0 aliphatic heterocycles. The predicted octanol–water partition coefficient (Wildman–Crippen LogP) is 6.27. The molecular formula is C23H19FOS. The van der Waals surface area contributed by atoms with Gasteiger partial charge in [-0.1, -0.05) is 38.1 Å². The van der Waals surface area contributed by atoms with E-state index in [2.05, 4.69) is 32.0 Å². The van der Waals surface area contributed by atoms with E-state index in [1.54, 1.807) is 23.5 Å². The second-order valence-electron chi connectivity index (χ2n) is 6.98. The van der Waals surface area contributed by atoms with Crippen molar-refractivity contribution in [1.29, 1.82) is 0 Å². The Morgan fingerprint density at radius 3 is 2.15 bits per heavy atom. The minimum Gasteiger partial charge on any atom is -0.289 e. The fourth-order valence-electron chi connectivity index (χ4n) is 3.23. The molecule has 0 bridgehead atoms. The maximum absolute atomic E-state index is 13.1. The summed E-state index contributed by atoms with van der Waals surface area (Å²) in [6, 6.07) is 18.8. The van der Waals surface area contributed by atoms with Gasteiger partial charge in [-0.05, 0) is 65.4 Å². The van der Waals surface area contributed by atoms with E-state index in [4.69, 9.17) is 0 Å². The molecular weight excluding hydrogens is 343 g/mol. The number of benzene rings is 3. The molecule has 4 aromatic rings. The first kappa shape index (κ1) is 16.9. The van der Waals surface area contributed by atoms with Crippen LogP contribution >= 0.6 is 11.3 Å². The summed E-state index contributed by atoms with van der Waals surface area (Å²) in [6.45, 7) is 4.27. The average molecular weight is 362 g/mol. The molecule has 3 heteroatoms. The standard InChI is InChI=1S/C23H19FOS/c1-14(2)17-6-10-22-20(13-17)23(25)19-12-16(5-9-21(19)26-22)11-15-3-7-18(24)8-4-15/h3-10,12-14H,11H2,1-2H3. The summed E-state index contributed by atoms with van der Waals surface area (Å²) in [5, 5.41) is 1.57. The highest BCUT2D eigenvalue weighted by molar-refractivity contribution is 7.24.